The molecule has 0 heterocycles. The summed E-state index contributed by atoms with van der Waals surface area (Å²) in [5.41, 5.74) is 0.406. The van der Waals surface area contributed by atoms with Crippen LogP contribution in [-0.4, -0.2) is 48.4 Å². The van der Waals surface area contributed by atoms with Gasteiger partial charge in [-0.1, -0.05) is 51.1 Å². The van der Waals surface area contributed by atoms with Crippen molar-refractivity contribution in [2.75, 3.05) is 13.7 Å². The van der Waals surface area contributed by atoms with E-state index in [2.05, 4.69) is 5.32 Å². The molecule has 0 saturated heterocycles. The first kappa shape index (κ1) is 23.2. The summed E-state index contributed by atoms with van der Waals surface area (Å²) in [5.74, 6) is -1.32. The summed E-state index contributed by atoms with van der Waals surface area (Å²) in [6.45, 7) is 3.49. The summed E-state index contributed by atoms with van der Waals surface area (Å²) in [6, 6.07) is 5.82. The number of nitrogens with one attached hydrogen (secondary N) is 1. The zero-order valence-corrected chi connectivity index (χ0v) is 18.2. The van der Waals surface area contributed by atoms with Crippen LogP contribution in [0.25, 0.3) is 0 Å². The van der Waals surface area contributed by atoms with Crippen molar-refractivity contribution >= 4 is 29.4 Å². The van der Waals surface area contributed by atoms with Crippen molar-refractivity contribution in [1.29, 1.82) is 0 Å². The fourth-order valence-corrected chi connectivity index (χ4v) is 3.62. The molecule has 7 heteroatoms. The van der Waals surface area contributed by atoms with E-state index in [1.165, 1.54) is 6.42 Å². The fraction of sp³-hybridized carbons (Fsp3) is 0.591. The molecule has 0 aromatic heterocycles. The topological polar surface area (TPSA) is 75.7 Å². The number of esters is 1. The second-order valence-corrected chi connectivity index (χ2v) is 8.18. The average Bonchev–Trinajstić information content (AvgIpc) is 2.75. The van der Waals surface area contributed by atoms with E-state index in [1.54, 1.807) is 36.2 Å². The molecule has 1 aliphatic rings. The average molecular weight is 423 g/mol. The van der Waals surface area contributed by atoms with Gasteiger partial charge in [0.05, 0.1) is 0 Å². The summed E-state index contributed by atoms with van der Waals surface area (Å²) in [6.07, 6.45) is 6.10. The lowest BCUT2D eigenvalue weighted by molar-refractivity contribution is -0.155. The number of hydrogen-bond acceptors (Lipinski definition) is 4. The highest BCUT2D eigenvalue weighted by Crippen LogP contribution is 2.21. The third kappa shape index (κ3) is 6.74. The van der Waals surface area contributed by atoms with E-state index >= 15 is 0 Å². The molecule has 2 amide bonds. The van der Waals surface area contributed by atoms with E-state index in [4.69, 9.17) is 16.3 Å². The second-order valence-electron chi connectivity index (χ2n) is 7.75. The van der Waals surface area contributed by atoms with E-state index in [0.717, 1.165) is 25.7 Å². The number of nitrogens with zero attached hydrogens (tertiary/aromatic N) is 1. The molecule has 6 nitrogen and oxygen atoms in total. The number of likely N-dealkylation sites (N-methyl/N-ethyl adjacent to an activating group) is 1. The lowest BCUT2D eigenvalue weighted by atomic mass is 9.94. The van der Waals surface area contributed by atoms with Crippen LogP contribution in [0.2, 0.25) is 5.02 Å². The van der Waals surface area contributed by atoms with Crippen LogP contribution < -0.4 is 5.32 Å². The van der Waals surface area contributed by atoms with Crippen molar-refractivity contribution in [2.24, 2.45) is 5.92 Å². The summed E-state index contributed by atoms with van der Waals surface area (Å²) in [4.78, 5) is 39.3. The highest BCUT2D eigenvalue weighted by atomic mass is 35.5. The van der Waals surface area contributed by atoms with E-state index < -0.39 is 12.0 Å². The fourth-order valence-electron chi connectivity index (χ4n) is 3.49. The van der Waals surface area contributed by atoms with E-state index in [1.807, 2.05) is 13.8 Å². The van der Waals surface area contributed by atoms with Crippen molar-refractivity contribution in [3.8, 4) is 0 Å². The van der Waals surface area contributed by atoms with Crippen LogP contribution in [0.3, 0.4) is 0 Å². The smallest absolute Gasteiger partial charge is 0.329 e. The van der Waals surface area contributed by atoms with Gasteiger partial charge in [0.1, 0.15) is 6.04 Å². The first-order valence-corrected chi connectivity index (χ1v) is 10.7. The van der Waals surface area contributed by atoms with Crippen LogP contribution in [0.15, 0.2) is 24.3 Å². The van der Waals surface area contributed by atoms with Gasteiger partial charge in [-0.3, -0.25) is 9.59 Å². The SMILES string of the molecule is CC[C@H](C)[C@H](NC(=O)c1ccc(Cl)cc1)C(=O)OCC(=O)N(C)C1CCCCC1. The maximum atomic E-state index is 12.6. The Labute approximate surface area is 177 Å². The van der Waals surface area contributed by atoms with Gasteiger partial charge < -0.3 is 15.0 Å². The van der Waals surface area contributed by atoms with Crippen molar-refractivity contribution in [1.82, 2.24) is 10.2 Å². The minimum Gasteiger partial charge on any atom is -0.454 e. The van der Waals surface area contributed by atoms with E-state index in [9.17, 15) is 14.4 Å². The Morgan fingerprint density at radius 3 is 2.38 bits per heavy atom. The number of carbonyl (C=O) groups excluding carboxylic acids is 3. The van der Waals surface area contributed by atoms with Crippen LogP contribution >= 0.6 is 11.6 Å². The van der Waals surface area contributed by atoms with Gasteiger partial charge in [-0.15, -0.1) is 0 Å². The molecule has 1 N–H and O–H groups in total. The highest BCUT2D eigenvalue weighted by Gasteiger charge is 2.29. The number of carbonyl (C=O) groups is 3. The Balaban J connectivity index is 1.94. The van der Waals surface area contributed by atoms with Crippen molar-refractivity contribution in [3.63, 3.8) is 0 Å². The first-order chi connectivity index (χ1) is 13.8. The van der Waals surface area contributed by atoms with Crippen LogP contribution in [0.1, 0.15) is 62.7 Å². The Hall–Kier alpha value is -2.08. The van der Waals surface area contributed by atoms with Gasteiger partial charge in [0.15, 0.2) is 6.61 Å². The van der Waals surface area contributed by atoms with Gasteiger partial charge in [0.2, 0.25) is 0 Å². The molecular formula is C22H31ClN2O4. The number of ether oxygens (including phenoxy) is 1. The lowest BCUT2D eigenvalue weighted by Gasteiger charge is -2.31. The van der Waals surface area contributed by atoms with Crippen LogP contribution in [0.4, 0.5) is 0 Å². The van der Waals surface area contributed by atoms with Crippen LogP contribution in [0, 0.1) is 5.92 Å². The number of halogens is 1. The normalized spacial score (nSPS) is 16.6. The molecule has 160 valence electrons. The van der Waals surface area contributed by atoms with Gasteiger partial charge in [0, 0.05) is 23.7 Å². The Bertz CT molecular complexity index is 701. The van der Waals surface area contributed by atoms with Gasteiger partial charge in [0.25, 0.3) is 11.8 Å². The third-order valence-corrected chi connectivity index (χ3v) is 5.97. The summed E-state index contributed by atoms with van der Waals surface area (Å²) >= 11 is 5.86. The number of benzene rings is 1. The summed E-state index contributed by atoms with van der Waals surface area (Å²) in [7, 11) is 1.76. The van der Waals surface area contributed by atoms with Gasteiger partial charge >= 0.3 is 5.97 Å². The first-order valence-electron chi connectivity index (χ1n) is 10.3. The Morgan fingerprint density at radius 2 is 1.79 bits per heavy atom. The molecular weight excluding hydrogens is 392 g/mol. The molecule has 1 aliphatic carbocycles. The van der Waals surface area contributed by atoms with E-state index in [-0.39, 0.29) is 30.4 Å². The van der Waals surface area contributed by atoms with Crippen molar-refractivity contribution in [2.45, 2.75) is 64.5 Å². The maximum absolute atomic E-state index is 12.6. The lowest BCUT2D eigenvalue weighted by Crippen LogP contribution is -2.47. The number of rotatable bonds is 8. The minimum atomic E-state index is -0.823. The molecule has 1 aromatic rings. The predicted octanol–water partition coefficient (Wildman–Crippen LogP) is 3.82. The molecule has 0 spiro atoms. The largest absolute Gasteiger partial charge is 0.454 e. The molecule has 0 radical (unpaired) electrons. The standard InChI is InChI=1S/C22H31ClN2O4/c1-4-15(2)20(24-21(27)16-10-12-17(23)13-11-16)22(28)29-14-19(26)25(3)18-8-6-5-7-9-18/h10-13,15,18,20H,4-9,14H2,1-3H3,(H,24,27)/t15-,20-/m0/s1. The molecule has 0 aliphatic heterocycles. The molecule has 1 saturated carbocycles. The predicted molar refractivity (Wildman–Crippen MR) is 113 cm³/mol. The molecule has 1 fully saturated rings. The molecule has 0 bridgehead atoms. The molecule has 2 atom stereocenters. The second kappa shape index (κ2) is 11.2. The van der Waals surface area contributed by atoms with Gasteiger partial charge in [-0.25, -0.2) is 4.79 Å². The summed E-state index contributed by atoms with van der Waals surface area (Å²) in [5, 5.41) is 3.27. The Kier molecular flexibility index (Phi) is 8.96. The Morgan fingerprint density at radius 1 is 1.17 bits per heavy atom. The van der Waals surface area contributed by atoms with E-state index in [0.29, 0.717) is 17.0 Å². The molecule has 29 heavy (non-hydrogen) atoms. The van der Waals surface area contributed by atoms with Crippen LogP contribution in [0.5, 0.6) is 0 Å². The molecule has 1 aromatic carbocycles. The summed E-state index contributed by atoms with van der Waals surface area (Å²) < 4.78 is 5.29. The third-order valence-electron chi connectivity index (χ3n) is 5.71. The maximum Gasteiger partial charge on any atom is 0.329 e. The molecule has 0 unspecified atom stereocenters. The highest BCUT2D eigenvalue weighted by molar-refractivity contribution is 6.30. The van der Waals surface area contributed by atoms with Crippen molar-refractivity contribution < 1.29 is 19.1 Å². The quantitative estimate of drug-likeness (QED) is 0.646. The monoisotopic (exact) mass is 422 g/mol. The van der Waals surface area contributed by atoms with Crippen molar-refractivity contribution in [3.05, 3.63) is 34.9 Å². The minimum absolute atomic E-state index is 0.134. The number of hydrogen-bond donors (Lipinski definition) is 1. The number of amides is 2. The molecule has 2 rings (SSSR count). The van der Waals surface area contributed by atoms with Crippen LogP contribution in [-0.2, 0) is 14.3 Å². The van der Waals surface area contributed by atoms with Gasteiger partial charge in [-0.05, 0) is 43.0 Å². The zero-order chi connectivity index (χ0) is 21.4. The zero-order valence-electron chi connectivity index (χ0n) is 17.4. The van der Waals surface area contributed by atoms with Gasteiger partial charge in [-0.2, -0.15) is 0 Å².